The zero-order chi connectivity index (χ0) is 19.2. The number of benzene rings is 2. The number of imidazole rings is 1. The lowest BCUT2D eigenvalue weighted by Crippen LogP contribution is -2.16. The number of nitrogens with zero attached hydrogens (tertiary/aromatic N) is 3. The topological polar surface area (TPSA) is 59.8 Å². The van der Waals surface area contributed by atoms with Crippen molar-refractivity contribution in [2.24, 2.45) is 0 Å². The number of para-hydroxylation sites is 1. The fraction of sp³-hybridized carbons (Fsp3) is 0.0455. The van der Waals surface area contributed by atoms with Crippen LogP contribution in [0.15, 0.2) is 96.5 Å². The fourth-order valence-corrected chi connectivity index (χ4v) is 3.57. The normalized spacial score (nSPS) is 10.6. The molecule has 0 atom stereocenters. The first-order valence-electron chi connectivity index (χ1n) is 8.80. The van der Waals surface area contributed by atoms with Crippen LogP contribution in [0.2, 0.25) is 0 Å². The first kappa shape index (κ1) is 18.0. The average Bonchev–Trinajstić information content (AvgIpc) is 3.25. The van der Waals surface area contributed by atoms with Gasteiger partial charge in [0.1, 0.15) is 5.69 Å². The molecule has 2 heterocycles. The summed E-state index contributed by atoms with van der Waals surface area (Å²) in [6.07, 6.45) is 6.86. The van der Waals surface area contributed by atoms with E-state index in [4.69, 9.17) is 0 Å². The van der Waals surface area contributed by atoms with Crippen LogP contribution in [0.4, 0.5) is 5.69 Å². The van der Waals surface area contributed by atoms with Crippen molar-refractivity contribution in [1.29, 1.82) is 0 Å². The van der Waals surface area contributed by atoms with Crippen molar-refractivity contribution in [3.63, 3.8) is 0 Å². The molecule has 138 valence electrons. The molecule has 0 aliphatic heterocycles. The van der Waals surface area contributed by atoms with E-state index < -0.39 is 0 Å². The van der Waals surface area contributed by atoms with Crippen LogP contribution in [0.3, 0.4) is 0 Å². The van der Waals surface area contributed by atoms with Gasteiger partial charge in [0.25, 0.3) is 5.91 Å². The standard InChI is InChI=1S/C22H18N4OS/c27-22(21-14-24-16-26(21)19-6-2-1-3-7-19)25-18-8-10-20(11-9-18)28-15-17-5-4-12-23-13-17/h1-14,16H,15H2,(H,25,27). The monoisotopic (exact) mass is 386 g/mol. The summed E-state index contributed by atoms with van der Waals surface area (Å²) in [5.41, 5.74) is 3.31. The minimum absolute atomic E-state index is 0.197. The molecular weight excluding hydrogens is 368 g/mol. The molecule has 0 radical (unpaired) electrons. The van der Waals surface area contributed by atoms with Gasteiger partial charge in [0.2, 0.25) is 0 Å². The van der Waals surface area contributed by atoms with E-state index in [0.29, 0.717) is 5.69 Å². The molecule has 6 heteroatoms. The van der Waals surface area contributed by atoms with Crippen LogP contribution in [0, 0.1) is 0 Å². The Morgan fingerprint density at radius 2 is 1.75 bits per heavy atom. The molecule has 2 aromatic carbocycles. The molecule has 1 N–H and O–H groups in total. The number of hydrogen-bond donors (Lipinski definition) is 1. The third-order valence-corrected chi connectivity index (χ3v) is 5.23. The highest BCUT2D eigenvalue weighted by atomic mass is 32.2. The Balaban J connectivity index is 1.41. The average molecular weight is 386 g/mol. The van der Waals surface area contributed by atoms with E-state index in [-0.39, 0.29) is 5.91 Å². The summed E-state index contributed by atoms with van der Waals surface area (Å²) in [5.74, 6) is 0.660. The lowest BCUT2D eigenvalue weighted by atomic mass is 10.3. The van der Waals surface area contributed by atoms with Crippen molar-refractivity contribution in [3.05, 3.63) is 103 Å². The van der Waals surface area contributed by atoms with E-state index in [0.717, 1.165) is 22.0 Å². The summed E-state index contributed by atoms with van der Waals surface area (Å²) in [5, 5.41) is 2.94. The van der Waals surface area contributed by atoms with E-state index in [9.17, 15) is 4.79 Å². The Kier molecular flexibility index (Phi) is 5.49. The molecule has 0 bridgehead atoms. The first-order valence-corrected chi connectivity index (χ1v) is 9.79. The van der Waals surface area contributed by atoms with Gasteiger partial charge in [-0.05, 0) is 48.0 Å². The molecule has 0 saturated heterocycles. The zero-order valence-corrected chi connectivity index (χ0v) is 15.8. The number of nitrogens with one attached hydrogen (secondary N) is 1. The van der Waals surface area contributed by atoms with Gasteiger partial charge in [-0.3, -0.25) is 14.3 Å². The molecule has 2 aromatic heterocycles. The Bertz CT molecular complexity index is 1050. The van der Waals surface area contributed by atoms with Crippen LogP contribution in [0.1, 0.15) is 16.1 Å². The highest BCUT2D eigenvalue weighted by Gasteiger charge is 2.13. The van der Waals surface area contributed by atoms with Crippen LogP contribution in [-0.2, 0) is 5.75 Å². The molecule has 4 rings (SSSR count). The van der Waals surface area contributed by atoms with Gasteiger partial charge in [0.15, 0.2) is 0 Å². The van der Waals surface area contributed by atoms with Crippen molar-refractivity contribution >= 4 is 23.4 Å². The number of hydrogen-bond acceptors (Lipinski definition) is 4. The third-order valence-electron chi connectivity index (χ3n) is 4.15. The van der Waals surface area contributed by atoms with Gasteiger partial charge in [0.05, 0.1) is 12.5 Å². The Labute approximate surface area is 167 Å². The molecular formula is C22H18N4OS. The zero-order valence-electron chi connectivity index (χ0n) is 15.0. The summed E-state index contributed by atoms with van der Waals surface area (Å²) < 4.78 is 1.77. The SMILES string of the molecule is O=C(Nc1ccc(SCc2cccnc2)cc1)c1cncn1-c1ccccc1. The van der Waals surface area contributed by atoms with E-state index in [1.165, 1.54) is 5.56 Å². The number of carbonyl (C=O) groups is 1. The van der Waals surface area contributed by atoms with Crippen molar-refractivity contribution in [3.8, 4) is 5.69 Å². The summed E-state index contributed by atoms with van der Waals surface area (Å²) in [4.78, 5) is 22.1. The number of rotatable bonds is 6. The second-order valence-electron chi connectivity index (χ2n) is 6.11. The van der Waals surface area contributed by atoms with Gasteiger partial charge in [-0.2, -0.15) is 0 Å². The number of thioether (sulfide) groups is 1. The van der Waals surface area contributed by atoms with Gasteiger partial charge < -0.3 is 5.32 Å². The minimum atomic E-state index is -0.197. The number of aromatic nitrogens is 3. The molecule has 0 fully saturated rings. The Hall–Kier alpha value is -3.38. The number of pyridine rings is 1. The quantitative estimate of drug-likeness (QED) is 0.483. The Morgan fingerprint density at radius 1 is 0.929 bits per heavy atom. The Morgan fingerprint density at radius 3 is 2.50 bits per heavy atom. The van der Waals surface area contributed by atoms with Gasteiger partial charge in [-0.15, -0.1) is 11.8 Å². The van der Waals surface area contributed by atoms with Gasteiger partial charge >= 0.3 is 0 Å². The molecule has 4 aromatic rings. The predicted molar refractivity (Wildman–Crippen MR) is 112 cm³/mol. The predicted octanol–water partition coefficient (Wildman–Crippen LogP) is 4.81. The van der Waals surface area contributed by atoms with Crippen LogP contribution in [0.5, 0.6) is 0 Å². The van der Waals surface area contributed by atoms with E-state index >= 15 is 0 Å². The molecule has 0 spiro atoms. The number of carbonyl (C=O) groups excluding carboxylic acids is 1. The van der Waals surface area contributed by atoms with Crippen LogP contribution in [0.25, 0.3) is 5.69 Å². The highest BCUT2D eigenvalue weighted by Crippen LogP contribution is 2.24. The lowest BCUT2D eigenvalue weighted by molar-refractivity contribution is 0.102. The highest BCUT2D eigenvalue weighted by molar-refractivity contribution is 7.98. The molecule has 0 saturated carbocycles. The maximum Gasteiger partial charge on any atom is 0.274 e. The summed E-state index contributed by atoms with van der Waals surface area (Å²) >= 11 is 1.73. The molecule has 0 aliphatic rings. The number of amides is 1. The van der Waals surface area contributed by atoms with Gasteiger partial charge in [0, 0.05) is 34.4 Å². The van der Waals surface area contributed by atoms with Gasteiger partial charge in [-0.1, -0.05) is 24.3 Å². The van der Waals surface area contributed by atoms with Crippen LogP contribution >= 0.6 is 11.8 Å². The minimum Gasteiger partial charge on any atom is -0.321 e. The second kappa shape index (κ2) is 8.54. The van der Waals surface area contributed by atoms with Crippen molar-refractivity contribution in [2.75, 3.05) is 5.32 Å². The summed E-state index contributed by atoms with van der Waals surface area (Å²) in [6.45, 7) is 0. The van der Waals surface area contributed by atoms with E-state index in [1.54, 1.807) is 35.0 Å². The van der Waals surface area contributed by atoms with Crippen molar-refractivity contribution < 1.29 is 4.79 Å². The summed E-state index contributed by atoms with van der Waals surface area (Å²) in [6, 6.07) is 21.5. The van der Waals surface area contributed by atoms with E-state index in [1.807, 2.05) is 66.9 Å². The molecule has 0 unspecified atom stereocenters. The molecule has 1 amide bonds. The fourth-order valence-electron chi connectivity index (χ4n) is 2.74. The first-order chi connectivity index (χ1) is 13.8. The second-order valence-corrected chi connectivity index (χ2v) is 7.16. The number of anilines is 1. The maximum atomic E-state index is 12.7. The lowest BCUT2D eigenvalue weighted by Gasteiger charge is -2.09. The van der Waals surface area contributed by atoms with Crippen molar-refractivity contribution in [1.82, 2.24) is 14.5 Å². The van der Waals surface area contributed by atoms with Crippen molar-refractivity contribution in [2.45, 2.75) is 10.6 Å². The third kappa shape index (κ3) is 4.29. The van der Waals surface area contributed by atoms with Crippen LogP contribution in [-0.4, -0.2) is 20.4 Å². The molecule has 5 nitrogen and oxygen atoms in total. The smallest absolute Gasteiger partial charge is 0.274 e. The van der Waals surface area contributed by atoms with Crippen LogP contribution < -0.4 is 5.32 Å². The molecule has 0 aliphatic carbocycles. The maximum absolute atomic E-state index is 12.7. The van der Waals surface area contributed by atoms with Gasteiger partial charge in [-0.25, -0.2) is 4.98 Å². The largest absolute Gasteiger partial charge is 0.321 e. The van der Waals surface area contributed by atoms with E-state index in [2.05, 4.69) is 21.4 Å². The molecule has 28 heavy (non-hydrogen) atoms. The summed E-state index contributed by atoms with van der Waals surface area (Å²) in [7, 11) is 0.